The first-order valence-electron chi connectivity index (χ1n) is 7.46. The van der Waals surface area contributed by atoms with E-state index in [2.05, 4.69) is 5.32 Å². The third kappa shape index (κ3) is 3.19. The van der Waals surface area contributed by atoms with Gasteiger partial charge in [0, 0.05) is 11.4 Å². The van der Waals surface area contributed by atoms with Crippen molar-refractivity contribution in [1.29, 1.82) is 0 Å². The van der Waals surface area contributed by atoms with E-state index in [9.17, 15) is 14.4 Å². The van der Waals surface area contributed by atoms with Gasteiger partial charge in [-0.25, -0.2) is 0 Å². The number of aryl methyl sites for hydroxylation is 1. The number of nitrogens with one attached hydrogen (secondary N) is 1. The van der Waals surface area contributed by atoms with E-state index in [0.717, 1.165) is 11.3 Å². The van der Waals surface area contributed by atoms with Gasteiger partial charge in [0.15, 0.2) is 0 Å². The summed E-state index contributed by atoms with van der Waals surface area (Å²) in [7, 11) is 0. The van der Waals surface area contributed by atoms with Gasteiger partial charge in [-0.05, 0) is 25.0 Å². The number of anilines is 1. The smallest absolute Gasteiger partial charge is 0.307 e. The second-order valence-electron chi connectivity index (χ2n) is 5.91. The Hall–Kier alpha value is -2.02. The molecule has 3 unspecified atom stereocenters. The van der Waals surface area contributed by atoms with E-state index in [1.807, 2.05) is 31.2 Å². The lowest BCUT2D eigenvalue weighted by Gasteiger charge is -2.23. The van der Waals surface area contributed by atoms with Gasteiger partial charge in [-0.2, -0.15) is 0 Å². The predicted molar refractivity (Wildman–Crippen MR) is 87.0 cm³/mol. The molecule has 1 saturated carbocycles. The first-order chi connectivity index (χ1) is 11.0. The molecule has 7 heteroatoms. The molecule has 3 rings (SSSR count). The maximum absolute atomic E-state index is 12.5. The first kappa shape index (κ1) is 15.9. The number of hydrogen-bond acceptors (Lipinski definition) is 4. The van der Waals surface area contributed by atoms with Crippen LogP contribution in [0.4, 0.5) is 5.69 Å². The zero-order chi connectivity index (χ0) is 16.6. The zero-order valence-corrected chi connectivity index (χ0v) is 13.5. The third-order valence-electron chi connectivity index (χ3n) is 4.30. The second kappa shape index (κ2) is 6.23. The largest absolute Gasteiger partial charge is 0.481 e. The van der Waals surface area contributed by atoms with Crippen LogP contribution in [-0.4, -0.2) is 45.5 Å². The summed E-state index contributed by atoms with van der Waals surface area (Å²) in [5.41, 5.74) is 1.69. The molecule has 3 atom stereocenters. The summed E-state index contributed by atoms with van der Waals surface area (Å²) in [5.74, 6) is -1.46. The highest BCUT2D eigenvalue weighted by molar-refractivity contribution is 7.99. The van der Waals surface area contributed by atoms with Crippen LogP contribution in [0.3, 0.4) is 0 Å². The molecule has 2 N–H and O–H groups in total. The molecular formula is C16H18N2O4S. The zero-order valence-electron chi connectivity index (χ0n) is 12.7. The van der Waals surface area contributed by atoms with Crippen LogP contribution < -0.4 is 5.32 Å². The van der Waals surface area contributed by atoms with Crippen LogP contribution in [0.15, 0.2) is 24.3 Å². The van der Waals surface area contributed by atoms with Crippen molar-refractivity contribution < 1.29 is 19.5 Å². The van der Waals surface area contributed by atoms with E-state index in [4.69, 9.17) is 5.11 Å². The number of para-hydroxylation sites is 1. The van der Waals surface area contributed by atoms with Crippen LogP contribution >= 0.6 is 11.8 Å². The van der Waals surface area contributed by atoms with Crippen molar-refractivity contribution in [3.63, 3.8) is 0 Å². The number of thioether (sulfide) groups is 1. The number of carboxylic acid groups (broad SMARTS) is 1. The SMILES string of the molecule is Cc1ccccc1NC(=O)C1CSCN1C(=O)C1CC1C(=O)O. The summed E-state index contributed by atoms with van der Waals surface area (Å²) in [5, 5.41) is 11.8. The molecule has 2 aliphatic rings. The van der Waals surface area contributed by atoms with E-state index >= 15 is 0 Å². The molecule has 1 aliphatic carbocycles. The van der Waals surface area contributed by atoms with Crippen LogP contribution in [0.5, 0.6) is 0 Å². The van der Waals surface area contributed by atoms with Gasteiger partial charge in [0.2, 0.25) is 11.8 Å². The maximum Gasteiger partial charge on any atom is 0.307 e. The van der Waals surface area contributed by atoms with Gasteiger partial charge in [-0.3, -0.25) is 14.4 Å². The highest BCUT2D eigenvalue weighted by Gasteiger charge is 2.52. The fourth-order valence-corrected chi connectivity index (χ4v) is 3.92. The minimum atomic E-state index is -0.934. The number of amides is 2. The molecule has 1 aromatic carbocycles. The molecule has 122 valence electrons. The Bertz CT molecular complexity index is 663. The maximum atomic E-state index is 12.5. The molecule has 0 radical (unpaired) electrons. The highest BCUT2D eigenvalue weighted by Crippen LogP contribution is 2.41. The molecule has 2 amide bonds. The monoisotopic (exact) mass is 334 g/mol. The van der Waals surface area contributed by atoms with Crippen LogP contribution in [0, 0.1) is 18.8 Å². The minimum Gasteiger partial charge on any atom is -0.481 e. The van der Waals surface area contributed by atoms with Crippen molar-refractivity contribution in [3.8, 4) is 0 Å². The summed E-state index contributed by atoms with van der Waals surface area (Å²) in [4.78, 5) is 37.4. The Labute approximate surface area is 138 Å². The molecule has 2 fully saturated rings. The van der Waals surface area contributed by atoms with Crippen molar-refractivity contribution in [3.05, 3.63) is 29.8 Å². The average molecular weight is 334 g/mol. The second-order valence-corrected chi connectivity index (χ2v) is 6.91. The Morgan fingerprint density at radius 1 is 1.26 bits per heavy atom. The van der Waals surface area contributed by atoms with Crippen LogP contribution in [0.1, 0.15) is 12.0 Å². The summed E-state index contributed by atoms with van der Waals surface area (Å²) in [6.07, 6.45) is 0.376. The summed E-state index contributed by atoms with van der Waals surface area (Å²) >= 11 is 1.51. The highest BCUT2D eigenvalue weighted by atomic mass is 32.2. The Morgan fingerprint density at radius 2 is 2.00 bits per heavy atom. The fourth-order valence-electron chi connectivity index (χ4n) is 2.76. The summed E-state index contributed by atoms with van der Waals surface area (Å²) in [6.45, 7) is 1.91. The molecule has 0 bridgehead atoms. The van der Waals surface area contributed by atoms with Gasteiger partial charge < -0.3 is 15.3 Å². The Balaban J connectivity index is 1.67. The molecule has 1 heterocycles. The molecule has 0 spiro atoms. The van der Waals surface area contributed by atoms with E-state index in [-0.39, 0.29) is 11.8 Å². The van der Waals surface area contributed by atoms with Crippen LogP contribution in [-0.2, 0) is 14.4 Å². The standard InChI is InChI=1S/C16H18N2O4S/c1-9-4-2-3-5-12(9)17-14(19)13-7-23-8-18(13)15(20)10-6-11(10)16(21)22/h2-5,10-11,13H,6-8H2,1H3,(H,17,19)(H,21,22). The van der Waals surface area contributed by atoms with Gasteiger partial charge in [0.1, 0.15) is 6.04 Å². The summed E-state index contributed by atoms with van der Waals surface area (Å²) < 4.78 is 0. The number of carboxylic acids is 1. The fraction of sp³-hybridized carbons (Fsp3) is 0.438. The lowest BCUT2D eigenvalue weighted by Crippen LogP contribution is -2.45. The first-order valence-corrected chi connectivity index (χ1v) is 8.62. The molecule has 1 aromatic rings. The minimum absolute atomic E-state index is 0.215. The van der Waals surface area contributed by atoms with Gasteiger partial charge in [-0.1, -0.05) is 18.2 Å². The number of aliphatic carboxylic acids is 1. The Morgan fingerprint density at radius 3 is 2.65 bits per heavy atom. The predicted octanol–water partition coefficient (Wildman–Crippen LogP) is 1.56. The molecule has 0 aromatic heterocycles. The number of rotatable bonds is 4. The van der Waals surface area contributed by atoms with Gasteiger partial charge >= 0.3 is 5.97 Å². The number of nitrogens with zero attached hydrogens (tertiary/aromatic N) is 1. The Kier molecular flexibility index (Phi) is 4.30. The molecule has 6 nitrogen and oxygen atoms in total. The molecule has 1 saturated heterocycles. The molecule has 23 heavy (non-hydrogen) atoms. The van der Waals surface area contributed by atoms with Crippen LogP contribution in [0.2, 0.25) is 0 Å². The normalized spacial score (nSPS) is 26.0. The molecule has 1 aliphatic heterocycles. The quantitative estimate of drug-likeness (QED) is 0.872. The van der Waals surface area contributed by atoms with Crippen molar-refractivity contribution in [2.24, 2.45) is 11.8 Å². The van der Waals surface area contributed by atoms with Crippen molar-refractivity contribution >= 4 is 35.2 Å². The number of benzene rings is 1. The van der Waals surface area contributed by atoms with Gasteiger partial charge in [0.25, 0.3) is 0 Å². The van der Waals surface area contributed by atoms with E-state index in [1.165, 1.54) is 16.7 Å². The van der Waals surface area contributed by atoms with Crippen molar-refractivity contribution in [1.82, 2.24) is 4.90 Å². The number of carbonyl (C=O) groups is 3. The van der Waals surface area contributed by atoms with Gasteiger partial charge in [0.05, 0.1) is 17.7 Å². The lowest BCUT2D eigenvalue weighted by molar-refractivity contribution is -0.142. The number of hydrogen-bond donors (Lipinski definition) is 2. The summed E-state index contributed by atoms with van der Waals surface area (Å²) in [6, 6.07) is 6.93. The van der Waals surface area contributed by atoms with E-state index < -0.39 is 23.8 Å². The molecular weight excluding hydrogens is 316 g/mol. The topological polar surface area (TPSA) is 86.7 Å². The average Bonchev–Trinajstić information content (AvgIpc) is 3.18. The number of carbonyl (C=O) groups excluding carboxylic acids is 2. The lowest BCUT2D eigenvalue weighted by atomic mass is 10.1. The van der Waals surface area contributed by atoms with E-state index in [0.29, 0.717) is 18.1 Å². The van der Waals surface area contributed by atoms with E-state index in [1.54, 1.807) is 0 Å². The van der Waals surface area contributed by atoms with Gasteiger partial charge in [-0.15, -0.1) is 11.8 Å². The van der Waals surface area contributed by atoms with Crippen molar-refractivity contribution in [2.75, 3.05) is 16.9 Å². The third-order valence-corrected chi connectivity index (χ3v) is 5.31. The van der Waals surface area contributed by atoms with Crippen LogP contribution in [0.25, 0.3) is 0 Å². The van der Waals surface area contributed by atoms with Crippen molar-refractivity contribution in [2.45, 2.75) is 19.4 Å².